The van der Waals surface area contributed by atoms with Gasteiger partial charge >= 0.3 is 6.01 Å². The minimum absolute atomic E-state index is 0. The van der Waals surface area contributed by atoms with Crippen LogP contribution < -0.4 is 26.3 Å². The second-order valence-corrected chi connectivity index (χ2v) is 6.73. The third-order valence-corrected chi connectivity index (χ3v) is 3.38. The van der Waals surface area contributed by atoms with Gasteiger partial charge in [-0.05, 0) is 34.4 Å². The fourth-order valence-corrected chi connectivity index (χ4v) is 2.01. The Morgan fingerprint density at radius 3 is 2.55 bits per heavy atom. The van der Waals surface area contributed by atoms with E-state index in [-0.39, 0.29) is 30.5 Å². The van der Waals surface area contributed by atoms with Crippen LogP contribution in [0.25, 0.3) is 0 Å². The van der Waals surface area contributed by atoms with Crippen molar-refractivity contribution in [2.24, 2.45) is 16.5 Å². The van der Waals surface area contributed by atoms with E-state index in [1.54, 1.807) is 6.07 Å². The highest BCUT2D eigenvalue weighted by Crippen LogP contribution is 2.18. The maximum absolute atomic E-state index is 5.72. The van der Waals surface area contributed by atoms with Gasteiger partial charge in [0.1, 0.15) is 12.4 Å². The summed E-state index contributed by atoms with van der Waals surface area (Å²) < 4.78 is 16.9. The number of ether oxygens (including phenoxy) is 3. The van der Waals surface area contributed by atoms with Crippen LogP contribution >= 0.6 is 12.4 Å². The molecule has 1 rings (SSSR count). The molecule has 0 radical (unpaired) electrons. The number of anilines is 1. The van der Waals surface area contributed by atoms with Crippen LogP contribution in [0.1, 0.15) is 26.7 Å². The van der Waals surface area contributed by atoms with Gasteiger partial charge < -0.3 is 35.9 Å². The van der Waals surface area contributed by atoms with E-state index in [2.05, 4.69) is 20.3 Å². The quantitative estimate of drug-likeness (QED) is 0.211. The van der Waals surface area contributed by atoms with Crippen molar-refractivity contribution in [1.82, 2.24) is 14.9 Å². The molecule has 0 spiro atoms. The van der Waals surface area contributed by atoms with Crippen LogP contribution in [0.15, 0.2) is 11.1 Å². The van der Waals surface area contributed by atoms with Crippen molar-refractivity contribution in [3.63, 3.8) is 0 Å². The zero-order valence-corrected chi connectivity index (χ0v) is 18.7. The molecule has 1 aromatic rings. The van der Waals surface area contributed by atoms with E-state index in [4.69, 9.17) is 25.7 Å². The summed E-state index contributed by atoms with van der Waals surface area (Å²) in [6.07, 6.45) is 1.76. The van der Waals surface area contributed by atoms with Crippen LogP contribution in [0.3, 0.4) is 0 Å². The van der Waals surface area contributed by atoms with Crippen LogP contribution in [-0.4, -0.2) is 80.5 Å². The molecular weight excluding hydrogens is 398 g/mol. The van der Waals surface area contributed by atoms with E-state index in [9.17, 15) is 0 Å². The molecule has 10 nitrogen and oxygen atoms in total. The molecule has 0 saturated heterocycles. The minimum Gasteiger partial charge on any atom is -0.476 e. The van der Waals surface area contributed by atoms with Gasteiger partial charge in [-0.1, -0.05) is 0 Å². The molecule has 0 aliphatic heterocycles. The number of rotatable bonds is 15. The molecule has 1 aromatic heterocycles. The monoisotopic (exact) mass is 433 g/mol. The number of aromatic nitrogens is 2. The van der Waals surface area contributed by atoms with Crippen molar-refractivity contribution < 1.29 is 14.2 Å². The molecule has 0 atom stereocenters. The van der Waals surface area contributed by atoms with Crippen LogP contribution in [0.4, 0.5) is 5.82 Å². The zero-order chi connectivity index (χ0) is 20.8. The van der Waals surface area contributed by atoms with Crippen molar-refractivity contribution in [1.29, 1.82) is 0 Å². The summed E-state index contributed by atoms with van der Waals surface area (Å²) in [5.74, 6) is 1.19. The summed E-state index contributed by atoms with van der Waals surface area (Å²) in [4.78, 5) is 14.6. The lowest BCUT2D eigenvalue weighted by Gasteiger charge is -2.13. The van der Waals surface area contributed by atoms with Crippen molar-refractivity contribution >= 4 is 24.2 Å². The first-order valence-electron chi connectivity index (χ1n) is 9.57. The van der Waals surface area contributed by atoms with Gasteiger partial charge in [0.05, 0.1) is 12.7 Å². The van der Waals surface area contributed by atoms with Crippen molar-refractivity contribution in [2.45, 2.75) is 32.8 Å². The first kappa shape index (κ1) is 27.0. The SMILES string of the molecule is CC(C)OCCCNc1cc(OCCN(C)C)nc(OCCCN=C(N)N)n1.Cl. The maximum Gasteiger partial charge on any atom is 0.321 e. The molecule has 0 aliphatic carbocycles. The molecule has 0 fully saturated rings. The van der Waals surface area contributed by atoms with Gasteiger partial charge in [0.15, 0.2) is 5.96 Å². The molecule has 11 heteroatoms. The smallest absolute Gasteiger partial charge is 0.321 e. The van der Waals surface area contributed by atoms with Crippen molar-refractivity contribution in [3.05, 3.63) is 6.07 Å². The van der Waals surface area contributed by atoms with Crippen LogP contribution in [0.2, 0.25) is 0 Å². The average Bonchev–Trinajstić information content (AvgIpc) is 2.60. The summed E-state index contributed by atoms with van der Waals surface area (Å²) >= 11 is 0. The van der Waals surface area contributed by atoms with E-state index >= 15 is 0 Å². The average molecular weight is 434 g/mol. The van der Waals surface area contributed by atoms with E-state index in [1.165, 1.54) is 0 Å². The predicted octanol–water partition coefficient (Wildman–Crippen LogP) is 1.11. The molecule has 5 N–H and O–H groups in total. The third kappa shape index (κ3) is 14.6. The van der Waals surface area contributed by atoms with Gasteiger partial charge in [-0.25, -0.2) is 0 Å². The summed E-state index contributed by atoms with van der Waals surface area (Å²) in [5, 5.41) is 3.26. The second kappa shape index (κ2) is 15.8. The normalized spacial score (nSPS) is 10.6. The number of nitrogens with two attached hydrogens (primary N) is 2. The molecule has 1 heterocycles. The highest BCUT2D eigenvalue weighted by molar-refractivity contribution is 5.85. The molecule has 168 valence electrons. The highest BCUT2D eigenvalue weighted by Gasteiger charge is 2.07. The third-order valence-electron chi connectivity index (χ3n) is 3.38. The van der Waals surface area contributed by atoms with Gasteiger partial charge in [0.25, 0.3) is 0 Å². The number of guanidine groups is 1. The van der Waals surface area contributed by atoms with Crippen LogP contribution in [-0.2, 0) is 4.74 Å². The summed E-state index contributed by atoms with van der Waals surface area (Å²) in [6, 6.07) is 2.03. The Morgan fingerprint density at radius 2 is 1.90 bits per heavy atom. The Bertz CT molecular complexity index is 585. The Morgan fingerprint density at radius 1 is 1.14 bits per heavy atom. The molecule has 0 aromatic carbocycles. The number of hydrogen-bond donors (Lipinski definition) is 3. The molecule has 0 bridgehead atoms. The molecule has 0 unspecified atom stereocenters. The fourth-order valence-electron chi connectivity index (χ4n) is 2.01. The minimum atomic E-state index is 0. The molecule has 0 amide bonds. The second-order valence-electron chi connectivity index (χ2n) is 6.73. The molecule has 0 saturated carbocycles. The van der Waals surface area contributed by atoms with E-state index in [1.807, 2.05) is 32.8 Å². The Balaban J connectivity index is 0.00000784. The number of halogens is 1. The predicted molar refractivity (Wildman–Crippen MR) is 118 cm³/mol. The molecule has 0 aliphatic rings. The van der Waals surface area contributed by atoms with Crippen LogP contribution in [0, 0.1) is 0 Å². The molecular formula is C18H36ClN7O3. The first-order chi connectivity index (χ1) is 13.4. The number of nitrogens with zero attached hydrogens (tertiary/aromatic N) is 4. The number of nitrogens with one attached hydrogen (secondary N) is 1. The van der Waals surface area contributed by atoms with E-state index in [0.717, 1.165) is 19.5 Å². The maximum atomic E-state index is 5.72. The Hall–Kier alpha value is -2.04. The fraction of sp³-hybridized carbons (Fsp3) is 0.722. The standard InChI is InChI=1S/C18H35N7O3.ClH/c1-14(2)26-10-5-7-21-15-13-16(27-12-9-25(3)4)24-18(23-15)28-11-6-8-22-17(19)20;/h13-14H,5-12H2,1-4H3,(H4,19,20,22)(H,21,23,24);1H. The zero-order valence-electron chi connectivity index (χ0n) is 17.9. The van der Waals surface area contributed by atoms with Gasteiger partial charge in [-0.15, -0.1) is 12.4 Å². The largest absolute Gasteiger partial charge is 0.476 e. The lowest BCUT2D eigenvalue weighted by Crippen LogP contribution is -2.23. The first-order valence-corrected chi connectivity index (χ1v) is 9.57. The number of aliphatic imine (C=N–C) groups is 1. The van der Waals surface area contributed by atoms with Gasteiger partial charge in [-0.3, -0.25) is 4.99 Å². The van der Waals surface area contributed by atoms with E-state index < -0.39 is 0 Å². The topological polar surface area (TPSA) is 133 Å². The summed E-state index contributed by atoms with van der Waals surface area (Å²) in [5.41, 5.74) is 10.6. The number of hydrogen-bond acceptors (Lipinski definition) is 8. The summed E-state index contributed by atoms with van der Waals surface area (Å²) in [7, 11) is 3.97. The molecule has 29 heavy (non-hydrogen) atoms. The van der Waals surface area contributed by atoms with Crippen molar-refractivity contribution in [2.75, 3.05) is 58.9 Å². The van der Waals surface area contributed by atoms with Crippen LogP contribution in [0.5, 0.6) is 11.9 Å². The number of likely N-dealkylation sites (N-methyl/N-ethyl adjacent to an activating group) is 1. The van der Waals surface area contributed by atoms with Crippen molar-refractivity contribution in [3.8, 4) is 11.9 Å². The van der Waals surface area contributed by atoms with Gasteiger partial charge in [0.2, 0.25) is 5.88 Å². The highest BCUT2D eigenvalue weighted by atomic mass is 35.5. The lowest BCUT2D eigenvalue weighted by atomic mass is 10.4. The summed E-state index contributed by atoms with van der Waals surface area (Å²) in [6.45, 7) is 7.66. The van der Waals surface area contributed by atoms with Gasteiger partial charge in [0, 0.05) is 38.7 Å². The van der Waals surface area contributed by atoms with E-state index in [0.29, 0.717) is 44.5 Å². The van der Waals surface area contributed by atoms with Gasteiger partial charge in [-0.2, -0.15) is 9.97 Å². The lowest BCUT2D eigenvalue weighted by molar-refractivity contribution is 0.0787. The Kier molecular flexibility index (Phi) is 14.7. The Labute approximate surface area is 179 Å².